The van der Waals surface area contributed by atoms with Crippen LogP contribution in [0.1, 0.15) is 75.1 Å². The first-order valence-electron chi connectivity index (χ1n) is 10.5. The van der Waals surface area contributed by atoms with Gasteiger partial charge in [-0.15, -0.1) is 0 Å². The number of pyridine rings is 1. The van der Waals surface area contributed by atoms with Crippen LogP contribution < -0.4 is 0 Å². The average molecular weight is 374 g/mol. The zero-order valence-electron chi connectivity index (χ0n) is 18.9. The summed E-state index contributed by atoms with van der Waals surface area (Å²) in [6.07, 6.45) is 2.06. The molecule has 3 aromatic rings. The van der Waals surface area contributed by atoms with Gasteiger partial charge in [0.25, 0.3) is 0 Å². The lowest BCUT2D eigenvalue weighted by atomic mass is 9.75. The first-order chi connectivity index (χ1) is 13.0. The van der Waals surface area contributed by atoms with Gasteiger partial charge in [-0.25, -0.2) is 0 Å². The molecule has 0 bridgehead atoms. The van der Waals surface area contributed by atoms with Crippen molar-refractivity contribution in [1.29, 1.82) is 0 Å². The maximum absolute atomic E-state index is 4.82. The Morgan fingerprint density at radius 2 is 1.36 bits per heavy atom. The van der Waals surface area contributed by atoms with Crippen LogP contribution in [0.2, 0.25) is 0 Å². The molecule has 0 amide bonds. The van der Waals surface area contributed by atoms with Gasteiger partial charge in [-0.2, -0.15) is 0 Å². The van der Waals surface area contributed by atoms with Gasteiger partial charge in [0.2, 0.25) is 0 Å². The van der Waals surface area contributed by atoms with Gasteiger partial charge in [-0.05, 0) is 71.4 Å². The Hall–Kier alpha value is -2.15. The highest BCUT2D eigenvalue weighted by Crippen LogP contribution is 2.35. The van der Waals surface area contributed by atoms with Crippen molar-refractivity contribution in [2.45, 2.75) is 79.1 Å². The van der Waals surface area contributed by atoms with Crippen LogP contribution in [0.5, 0.6) is 0 Å². The van der Waals surface area contributed by atoms with Crippen LogP contribution in [0.15, 0.2) is 42.5 Å². The molecule has 1 heteroatoms. The summed E-state index contributed by atoms with van der Waals surface area (Å²) in [5, 5.41) is 1.23. The Balaban J connectivity index is 2.00. The Morgan fingerprint density at radius 3 is 1.93 bits per heavy atom. The molecule has 1 heterocycles. The molecular formula is C27H35N. The summed E-state index contributed by atoms with van der Waals surface area (Å²) in [7, 11) is 0. The molecule has 0 saturated heterocycles. The number of nitrogens with zero attached hydrogens (tertiary/aromatic N) is 1. The van der Waals surface area contributed by atoms with Crippen molar-refractivity contribution in [1.82, 2.24) is 4.98 Å². The molecule has 0 aliphatic carbocycles. The second-order valence-electron chi connectivity index (χ2n) is 10.3. The zero-order valence-corrected chi connectivity index (χ0v) is 18.9. The highest BCUT2D eigenvalue weighted by molar-refractivity contribution is 5.82. The standard InChI is InChI=1S/C27H35N/c1-18-12-14-21-10-9-11-22(25(21)28-18)15-13-20-16-23(26(3,4)5)19(2)24(17-20)27(6,7)8/h9-12,14,16-17H,13,15H2,1-8H3. The van der Waals surface area contributed by atoms with Crippen LogP contribution in [0, 0.1) is 13.8 Å². The summed E-state index contributed by atoms with van der Waals surface area (Å²) >= 11 is 0. The fraction of sp³-hybridized carbons (Fsp3) is 0.444. The monoisotopic (exact) mass is 373 g/mol. The molecule has 1 aromatic heterocycles. The van der Waals surface area contributed by atoms with Gasteiger partial charge in [0.1, 0.15) is 0 Å². The summed E-state index contributed by atoms with van der Waals surface area (Å²) in [6.45, 7) is 18.3. The van der Waals surface area contributed by atoms with E-state index in [1.165, 1.54) is 33.2 Å². The number of para-hydroxylation sites is 1. The van der Waals surface area contributed by atoms with Gasteiger partial charge in [-0.3, -0.25) is 4.98 Å². The van der Waals surface area contributed by atoms with E-state index >= 15 is 0 Å². The number of aryl methyl sites for hydroxylation is 3. The topological polar surface area (TPSA) is 12.9 Å². The van der Waals surface area contributed by atoms with Crippen LogP contribution in [0.3, 0.4) is 0 Å². The van der Waals surface area contributed by atoms with Gasteiger partial charge in [0.15, 0.2) is 0 Å². The van der Waals surface area contributed by atoms with Gasteiger partial charge in [0, 0.05) is 11.1 Å². The lowest BCUT2D eigenvalue weighted by Crippen LogP contribution is -2.20. The molecule has 0 fully saturated rings. The predicted molar refractivity (Wildman–Crippen MR) is 122 cm³/mol. The fourth-order valence-corrected chi connectivity index (χ4v) is 4.26. The molecule has 28 heavy (non-hydrogen) atoms. The molecule has 0 N–H and O–H groups in total. The van der Waals surface area contributed by atoms with E-state index in [1.807, 2.05) is 0 Å². The number of benzene rings is 2. The summed E-state index contributed by atoms with van der Waals surface area (Å²) in [4.78, 5) is 4.82. The summed E-state index contributed by atoms with van der Waals surface area (Å²) in [5.74, 6) is 0. The smallest absolute Gasteiger partial charge is 0.0737 e. The quantitative estimate of drug-likeness (QED) is 0.472. The lowest BCUT2D eigenvalue weighted by Gasteiger charge is -2.30. The number of rotatable bonds is 3. The maximum Gasteiger partial charge on any atom is 0.0737 e. The average Bonchev–Trinajstić information content (AvgIpc) is 2.58. The first-order valence-corrected chi connectivity index (χ1v) is 10.5. The van der Waals surface area contributed by atoms with E-state index in [4.69, 9.17) is 4.98 Å². The van der Waals surface area contributed by atoms with Crippen LogP contribution in [0.4, 0.5) is 0 Å². The van der Waals surface area contributed by atoms with Crippen LogP contribution in [0.25, 0.3) is 10.9 Å². The van der Waals surface area contributed by atoms with Crippen LogP contribution in [-0.2, 0) is 23.7 Å². The van der Waals surface area contributed by atoms with Crippen molar-refractivity contribution in [2.24, 2.45) is 0 Å². The van der Waals surface area contributed by atoms with Crippen LogP contribution in [-0.4, -0.2) is 4.98 Å². The van der Waals surface area contributed by atoms with E-state index in [9.17, 15) is 0 Å². The molecule has 148 valence electrons. The van der Waals surface area contributed by atoms with E-state index in [0.717, 1.165) is 24.1 Å². The Bertz CT molecular complexity index is 962. The zero-order chi connectivity index (χ0) is 20.7. The van der Waals surface area contributed by atoms with Crippen molar-refractivity contribution in [3.05, 3.63) is 76.0 Å². The Kier molecular flexibility index (Phi) is 5.40. The number of hydrogen-bond acceptors (Lipinski definition) is 1. The van der Waals surface area contributed by atoms with Crippen molar-refractivity contribution in [3.63, 3.8) is 0 Å². The predicted octanol–water partition coefficient (Wildman–Crippen LogP) is 7.23. The minimum Gasteiger partial charge on any atom is -0.253 e. The Labute approximate surface area is 171 Å². The van der Waals surface area contributed by atoms with Gasteiger partial charge >= 0.3 is 0 Å². The SMILES string of the molecule is Cc1ccc2cccc(CCc3cc(C(C)(C)C)c(C)c(C(C)(C)C)c3)c2n1. The second kappa shape index (κ2) is 7.35. The summed E-state index contributed by atoms with van der Waals surface area (Å²) in [5.41, 5.74) is 9.72. The number of hydrogen-bond donors (Lipinski definition) is 0. The molecule has 0 aliphatic heterocycles. The number of aromatic nitrogens is 1. The van der Waals surface area contributed by atoms with E-state index in [-0.39, 0.29) is 10.8 Å². The molecule has 0 saturated carbocycles. The third-order valence-corrected chi connectivity index (χ3v) is 5.71. The Morgan fingerprint density at radius 1 is 0.750 bits per heavy atom. The minimum absolute atomic E-state index is 0.151. The third kappa shape index (κ3) is 4.29. The molecule has 3 rings (SSSR count). The lowest BCUT2D eigenvalue weighted by molar-refractivity contribution is 0.559. The van der Waals surface area contributed by atoms with Gasteiger partial charge in [-0.1, -0.05) is 77.9 Å². The maximum atomic E-state index is 4.82. The molecule has 0 aliphatic rings. The van der Waals surface area contributed by atoms with Crippen molar-refractivity contribution < 1.29 is 0 Å². The third-order valence-electron chi connectivity index (χ3n) is 5.71. The summed E-state index contributed by atoms with van der Waals surface area (Å²) < 4.78 is 0. The fourth-order valence-electron chi connectivity index (χ4n) is 4.26. The van der Waals surface area contributed by atoms with Gasteiger partial charge in [0.05, 0.1) is 5.52 Å². The molecular weight excluding hydrogens is 338 g/mol. The van der Waals surface area contributed by atoms with E-state index in [0.29, 0.717) is 0 Å². The van der Waals surface area contributed by atoms with Crippen molar-refractivity contribution >= 4 is 10.9 Å². The number of fused-ring (bicyclic) bond motifs is 1. The van der Waals surface area contributed by atoms with Gasteiger partial charge < -0.3 is 0 Å². The molecule has 1 nitrogen and oxygen atoms in total. The largest absolute Gasteiger partial charge is 0.253 e. The van der Waals surface area contributed by atoms with Crippen LogP contribution >= 0.6 is 0 Å². The molecule has 0 radical (unpaired) electrons. The summed E-state index contributed by atoms with van der Waals surface area (Å²) in [6, 6.07) is 15.7. The van der Waals surface area contributed by atoms with Crippen molar-refractivity contribution in [3.8, 4) is 0 Å². The second-order valence-corrected chi connectivity index (χ2v) is 10.3. The normalized spacial score (nSPS) is 12.6. The molecule has 0 spiro atoms. The highest BCUT2D eigenvalue weighted by atomic mass is 14.7. The van der Waals surface area contributed by atoms with Crippen molar-refractivity contribution in [2.75, 3.05) is 0 Å². The molecule has 0 unspecified atom stereocenters. The minimum atomic E-state index is 0.151. The van der Waals surface area contributed by atoms with E-state index in [1.54, 1.807) is 0 Å². The molecule has 2 aromatic carbocycles. The van der Waals surface area contributed by atoms with E-state index in [2.05, 4.69) is 97.9 Å². The first kappa shape index (κ1) is 20.6. The van der Waals surface area contributed by atoms with E-state index < -0.39 is 0 Å². The molecule has 0 atom stereocenters. The highest BCUT2D eigenvalue weighted by Gasteiger charge is 2.24.